The summed E-state index contributed by atoms with van der Waals surface area (Å²) in [6.07, 6.45) is 2.45. The summed E-state index contributed by atoms with van der Waals surface area (Å²) in [5, 5.41) is 14.5. The van der Waals surface area contributed by atoms with Crippen LogP contribution in [0.5, 0.6) is 0 Å². The number of carbonyl (C=O) groups is 1. The first-order chi connectivity index (χ1) is 11.6. The fraction of sp³-hybridized carbons (Fsp3) is 0.111. The third-order valence-electron chi connectivity index (χ3n) is 3.71. The molecule has 6 heteroatoms. The summed E-state index contributed by atoms with van der Waals surface area (Å²) in [7, 11) is 0. The minimum Gasteiger partial charge on any atom is -0.352 e. The predicted molar refractivity (Wildman–Crippen MR) is 90.9 cm³/mol. The number of carbonyl (C=O) groups excluding carboxylic acids is 1. The van der Waals surface area contributed by atoms with Crippen LogP contribution in [-0.2, 0) is 6.42 Å². The Hall–Kier alpha value is -3.28. The monoisotopic (exact) mass is 321 g/mol. The van der Waals surface area contributed by atoms with E-state index in [-0.39, 0.29) is 11.6 Å². The van der Waals surface area contributed by atoms with Crippen LogP contribution in [0.1, 0.15) is 15.9 Å². The van der Waals surface area contributed by atoms with Gasteiger partial charge in [0.25, 0.3) is 11.6 Å². The van der Waals surface area contributed by atoms with Crippen molar-refractivity contribution in [1.29, 1.82) is 0 Å². The molecule has 0 unspecified atom stereocenters. The second kappa shape index (κ2) is 6.87. The van der Waals surface area contributed by atoms with E-state index in [9.17, 15) is 14.9 Å². The molecule has 120 valence electrons. The van der Waals surface area contributed by atoms with E-state index in [0.29, 0.717) is 18.5 Å². The van der Waals surface area contributed by atoms with Crippen LogP contribution in [0.25, 0.3) is 10.9 Å². The number of rotatable bonds is 5. The number of pyridine rings is 1. The highest BCUT2D eigenvalue weighted by Crippen LogP contribution is 2.14. The molecule has 3 rings (SSSR count). The van der Waals surface area contributed by atoms with Gasteiger partial charge in [0.1, 0.15) is 0 Å². The highest BCUT2D eigenvalue weighted by Gasteiger charge is 2.09. The van der Waals surface area contributed by atoms with E-state index < -0.39 is 4.92 Å². The van der Waals surface area contributed by atoms with Crippen LogP contribution in [-0.4, -0.2) is 22.4 Å². The van der Waals surface area contributed by atoms with Crippen molar-refractivity contribution in [1.82, 2.24) is 10.3 Å². The van der Waals surface area contributed by atoms with Gasteiger partial charge in [0, 0.05) is 35.8 Å². The Balaban J connectivity index is 1.58. The summed E-state index contributed by atoms with van der Waals surface area (Å²) in [6.45, 7) is 0.488. The Labute approximate surface area is 138 Å². The summed E-state index contributed by atoms with van der Waals surface area (Å²) in [6, 6.07) is 15.5. The van der Waals surface area contributed by atoms with Gasteiger partial charge in [-0.2, -0.15) is 0 Å². The summed E-state index contributed by atoms with van der Waals surface area (Å²) < 4.78 is 0. The zero-order chi connectivity index (χ0) is 16.9. The molecule has 6 nitrogen and oxygen atoms in total. The molecule has 24 heavy (non-hydrogen) atoms. The number of benzene rings is 2. The first-order valence-corrected chi connectivity index (χ1v) is 7.50. The second-order valence-electron chi connectivity index (χ2n) is 5.34. The number of aromatic nitrogens is 1. The molecule has 0 atom stereocenters. The molecule has 0 aliphatic carbocycles. The summed E-state index contributed by atoms with van der Waals surface area (Å²) in [5.41, 5.74) is 2.43. The maximum Gasteiger partial charge on any atom is 0.269 e. The molecule has 0 aliphatic heterocycles. The van der Waals surface area contributed by atoms with Gasteiger partial charge >= 0.3 is 0 Å². The van der Waals surface area contributed by atoms with Crippen LogP contribution in [0.2, 0.25) is 0 Å². The fourth-order valence-electron chi connectivity index (χ4n) is 2.44. The summed E-state index contributed by atoms with van der Waals surface area (Å²) in [5.74, 6) is -0.243. The first-order valence-electron chi connectivity index (χ1n) is 7.50. The van der Waals surface area contributed by atoms with Crippen LogP contribution in [0.4, 0.5) is 5.69 Å². The molecule has 0 fully saturated rings. The molecule has 1 aromatic heterocycles. The molecule has 1 N–H and O–H groups in total. The average molecular weight is 321 g/mol. The second-order valence-corrected chi connectivity index (χ2v) is 5.34. The van der Waals surface area contributed by atoms with E-state index in [1.165, 1.54) is 24.3 Å². The van der Waals surface area contributed by atoms with Crippen LogP contribution < -0.4 is 5.32 Å². The van der Waals surface area contributed by atoms with E-state index >= 15 is 0 Å². The third-order valence-corrected chi connectivity index (χ3v) is 3.71. The topological polar surface area (TPSA) is 85.1 Å². The van der Waals surface area contributed by atoms with Crippen molar-refractivity contribution in [2.45, 2.75) is 6.42 Å². The Morgan fingerprint density at radius 3 is 2.67 bits per heavy atom. The highest BCUT2D eigenvalue weighted by atomic mass is 16.6. The van der Waals surface area contributed by atoms with Gasteiger partial charge in [-0.1, -0.05) is 12.1 Å². The number of fused-ring (bicyclic) bond motifs is 1. The predicted octanol–water partition coefficient (Wildman–Crippen LogP) is 3.12. The zero-order valence-corrected chi connectivity index (χ0v) is 12.8. The summed E-state index contributed by atoms with van der Waals surface area (Å²) in [4.78, 5) is 26.4. The lowest BCUT2D eigenvalue weighted by atomic mass is 10.1. The van der Waals surface area contributed by atoms with Crippen molar-refractivity contribution >= 4 is 22.5 Å². The Bertz CT molecular complexity index is 891. The smallest absolute Gasteiger partial charge is 0.269 e. The van der Waals surface area contributed by atoms with Crippen molar-refractivity contribution in [3.8, 4) is 0 Å². The average Bonchev–Trinajstić information content (AvgIpc) is 2.61. The van der Waals surface area contributed by atoms with Crippen molar-refractivity contribution in [3.63, 3.8) is 0 Å². The SMILES string of the molecule is O=C(NCCc1ccc2ncccc2c1)c1ccc([N+](=O)[O-])cc1. The van der Waals surface area contributed by atoms with Crippen LogP contribution in [0.3, 0.4) is 0 Å². The number of nitrogens with one attached hydrogen (secondary N) is 1. The quantitative estimate of drug-likeness (QED) is 0.578. The number of nitrogens with zero attached hydrogens (tertiary/aromatic N) is 2. The van der Waals surface area contributed by atoms with Crippen molar-refractivity contribution < 1.29 is 9.72 Å². The van der Waals surface area contributed by atoms with Gasteiger partial charge in [0.05, 0.1) is 10.4 Å². The number of nitro benzene ring substituents is 1. The molecular formula is C18H15N3O3. The van der Waals surface area contributed by atoms with Crippen LogP contribution in [0.15, 0.2) is 60.8 Å². The molecule has 0 saturated heterocycles. The first kappa shape index (κ1) is 15.6. The fourth-order valence-corrected chi connectivity index (χ4v) is 2.44. The van der Waals surface area contributed by atoms with Gasteiger partial charge in [0.2, 0.25) is 0 Å². The van der Waals surface area contributed by atoms with Gasteiger partial charge < -0.3 is 5.32 Å². The van der Waals surface area contributed by atoms with Crippen LogP contribution in [0, 0.1) is 10.1 Å². The van der Waals surface area contributed by atoms with Gasteiger partial charge in [0.15, 0.2) is 0 Å². The Morgan fingerprint density at radius 1 is 1.12 bits per heavy atom. The molecule has 0 radical (unpaired) electrons. The van der Waals surface area contributed by atoms with E-state index in [4.69, 9.17) is 0 Å². The number of non-ortho nitro benzene ring substituents is 1. The molecule has 2 aromatic carbocycles. The maximum absolute atomic E-state index is 12.0. The highest BCUT2D eigenvalue weighted by molar-refractivity contribution is 5.94. The number of nitro groups is 1. The third kappa shape index (κ3) is 3.55. The number of hydrogen-bond donors (Lipinski definition) is 1. The van der Waals surface area contributed by atoms with Gasteiger partial charge in [-0.25, -0.2) is 0 Å². The zero-order valence-electron chi connectivity index (χ0n) is 12.8. The lowest BCUT2D eigenvalue weighted by Gasteiger charge is -2.06. The largest absolute Gasteiger partial charge is 0.352 e. The van der Waals surface area contributed by atoms with E-state index in [2.05, 4.69) is 16.4 Å². The van der Waals surface area contributed by atoms with Crippen molar-refractivity contribution in [2.24, 2.45) is 0 Å². The Kier molecular flexibility index (Phi) is 4.47. The van der Waals surface area contributed by atoms with Crippen molar-refractivity contribution in [2.75, 3.05) is 6.54 Å². The van der Waals surface area contributed by atoms with Crippen molar-refractivity contribution in [3.05, 3.63) is 82.0 Å². The lowest BCUT2D eigenvalue weighted by Crippen LogP contribution is -2.25. The normalized spacial score (nSPS) is 10.5. The van der Waals surface area contributed by atoms with E-state index in [0.717, 1.165) is 16.5 Å². The molecular weight excluding hydrogens is 306 g/mol. The summed E-state index contributed by atoms with van der Waals surface area (Å²) >= 11 is 0. The van der Waals surface area contributed by atoms with E-state index in [1.807, 2.05) is 24.3 Å². The molecule has 0 bridgehead atoms. The van der Waals surface area contributed by atoms with Crippen LogP contribution >= 0.6 is 0 Å². The standard InChI is InChI=1S/C18H15N3O3/c22-18(14-4-6-16(7-5-14)21(23)24)20-11-9-13-3-8-17-15(12-13)2-1-10-19-17/h1-8,10,12H,9,11H2,(H,20,22). The Morgan fingerprint density at radius 2 is 1.92 bits per heavy atom. The number of amides is 1. The molecule has 0 spiro atoms. The van der Waals surface area contributed by atoms with Gasteiger partial charge in [-0.05, 0) is 42.3 Å². The molecule has 1 heterocycles. The van der Waals surface area contributed by atoms with Gasteiger partial charge in [-0.15, -0.1) is 0 Å². The molecule has 0 saturated carbocycles. The minimum atomic E-state index is -0.490. The number of hydrogen-bond acceptors (Lipinski definition) is 4. The molecule has 0 aliphatic rings. The lowest BCUT2D eigenvalue weighted by molar-refractivity contribution is -0.384. The van der Waals surface area contributed by atoms with Gasteiger partial charge in [-0.3, -0.25) is 19.9 Å². The van der Waals surface area contributed by atoms with E-state index in [1.54, 1.807) is 6.20 Å². The molecule has 1 amide bonds. The molecule has 3 aromatic rings. The minimum absolute atomic E-state index is 0.0312. The maximum atomic E-state index is 12.0.